The molecule has 144 valence electrons. The van der Waals surface area contributed by atoms with Crippen molar-refractivity contribution < 1.29 is 9.18 Å². The molecular formula is C21H27FN4O. The molecule has 1 fully saturated rings. The topological polar surface area (TPSA) is 49.3 Å². The number of carbonyl (C=O) groups is 1. The lowest BCUT2D eigenvalue weighted by molar-refractivity contribution is -0.134. The van der Waals surface area contributed by atoms with Crippen LogP contribution in [0.5, 0.6) is 0 Å². The van der Waals surface area contributed by atoms with Gasteiger partial charge < -0.3 is 9.80 Å². The van der Waals surface area contributed by atoms with E-state index in [-0.39, 0.29) is 17.8 Å². The highest BCUT2D eigenvalue weighted by atomic mass is 19.1. The number of hydrogen-bond acceptors (Lipinski definition) is 4. The Morgan fingerprint density at radius 2 is 1.96 bits per heavy atom. The second-order valence-corrected chi connectivity index (χ2v) is 7.38. The maximum Gasteiger partial charge on any atom is 0.224 e. The molecule has 0 aliphatic carbocycles. The van der Waals surface area contributed by atoms with Crippen LogP contribution in [0.4, 0.5) is 10.2 Å². The van der Waals surface area contributed by atoms with Crippen molar-refractivity contribution in [3.63, 3.8) is 0 Å². The molecular weight excluding hydrogens is 343 g/mol. The van der Waals surface area contributed by atoms with Crippen LogP contribution in [0.1, 0.15) is 38.4 Å². The average Bonchev–Trinajstić information content (AvgIpc) is 2.83. The zero-order chi connectivity index (χ0) is 19.4. The Hall–Kier alpha value is -2.50. The van der Waals surface area contributed by atoms with Crippen LogP contribution in [-0.2, 0) is 17.8 Å². The fraction of sp³-hybridized carbons (Fsp3) is 0.476. The predicted octanol–water partition coefficient (Wildman–Crippen LogP) is 3.44. The number of hydrogen-bond donors (Lipinski definition) is 0. The molecule has 1 aliphatic heterocycles. The lowest BCUT2D eigenvalue weighted by atomic mass is 10.0. The molecule has 0 bridgehead atoms. The molecule has 3 rings (SSSR count). The van der Waals surface area contributed by atoms with E-state index >= 15 is 0 Å². The van der Waals surface area contributed by atoms with Gasteiger partial charge in [-0.3, -0.25) is 4.79 Å². The van der Waals surface area contributed by atoms with E-state index in [1.54, 1.807) is 18.5 Å². The van der Waals surface area contributed by atoms with Gasteiger partial charge in [0, 0.05) is 37.8 Å². The highest BCUT2D eigenvalue weighted by Gasteiger charge is 2.32. The largest absolute Gasteiger partial charge is 0.354 e. The molecule has 1 unspecified atom stereocenters. The summed E-state index contributed by atoms with van der Waals surface area (Å²) in [6, 6.07) is 8.46. The van der Waals surface area contributed by atoms with E-state index in [1.165, 1.54) is 12.1 Å². The lowest BCUT2D eigenvalue weighted by Crippen LogP contribution is -2.46. The lowest BCUT2D eigenvalue weighted by Gasteiger charge is -2.35. The molecule has 2 heterocycles. The van der Waals surface area contributed by atoms with E-state index in [2.05, 4.69) is 35.6 Å². The van der Waals surface area contributed by atoms with Crippen LogP contribution in [0.15, 0.2) is 36.7 Å². The molecule has 1 saturated heterocycles. The quantitative estimate of drug-likeness (QED) is 0.809. The minimum Gasteiger partial charge on any atom is -0.354 e. The van der Waals surface area contributed by atoms with Gasteiger partial charge in [0.05, 0.1) is 6.04 Å². The number of aryl methyl sites for hydroxylation is 1. The number of benzene rings is 1. The first-order chi connectivity index (χ1) is 13.0. The van der Waals surface area contributed by atoms with Gasteiger partial charge in [-0.05, 0) is 30.0 Å². The van der Waals surface area contributed by atoms with Gasteiger partial charge in [0.2, 0.25) is 5.91 Å². The summed E-state index contributed by atoms with van der Waals surface area (Å²) < 4.78 is 13.2. The van der Waals surface area contributed by atoms with Gasteiger partial charge in [0.15, 0.2) is 0 Å². The fourth-order valence-electron chi connectivity index (χ4n) is 3.50. The van der Waals surface area contributed by atoms with Crippen molar-refractivity contribution >= 4 is 11.7 Å². The molecule has 5 nitrogen and oxygen atoms in total. The summed E-state index contributed by atoms with van der Waals surface area (Å²) in [5, 5.41) is 0. The molecule has 1 aromatic carbocycles. The van der Waals surface area contributed by atoms with Gasteiger partial charge in [-0.2, -0.15) is 0 Å². The van der Waals surface area contributed by atoms with Crippen molar-refractivity contribution in [3.05, 3.63) is 53.7 Å². The van der Waals surface area contributed by atoms with Crippen molar-refractivity contribution in [2.75, 3.05) is 18.0 Å². The molecule has 1 aliphatic rings. The molecule has 27 heavy (non-hydrogen) atoms. The first-order valence-electron chi connectivity index (χ1n) is 9.57. The third-order valence-corrected chi connectivity index (χ3v) is 5.15. The highest BCUT2D eigenvalue weighted by molar-refractivity contribution is 5.78. The molecule has 0 radical (unpaired) electrons. The number of nitrogens with zero attached hydrogens (tertiary/aromatic N) is 4. The van der Waals surface area contributed by atoms with E-state index < -0.39 is 0 Å². The minimum atomic E-state index is -0.261. The Bertz CT molecular complexity index is 778. The van der Waals surface area contributed by atoms with Crippen molar-refractivity contribution in [3.8, 4) is 0 Å². The van der Waals surface area contributed by atoms with Crippen LogP contribution in [0.2, 0.25) is 0 Å². The van der Waals surface area contributed by atoms with Crippen molar-refractivity contribution in [1.29, 1.82) is 0 Å². The van der Waals surface area contributed by atoms with Crippen LogP contribution in [0, 0.1) is 11.7 Å². The highest BCUT2D eigenvalue weighted by Crippen LogP contribution is 2.24. The number of aromatic nitrogens is 2. The summed E-state index contributed by atoms with van der Waals surface area (Å²) in [6.07, 6.45) is 2.89. The van der Waals surface area contributed by atoms with E-state index in [9.17, 15) is 9.18 Å². The van der Waals surface area contributed by atoms with Crippen LogP contribution >= 0.6 is 0 Å². The Labute approximate surface area is 160 Å². The first kappa shape index (κ1) is 19.3. The molecule has 1 aromatic heterocycles. The third kappa shape index (κ3) is 4.62. The van der Waals surface area contributed by atoms with Crippen LogP contribution in [0.3, 0.4) is 0 Å². The Balaban J connectivity index is 1.84. The average molecular weight is 370 g/mol. The summed E-state index contributed by atoms with van der Waals surface area (Å²) in [5.41, 5.74) is 1.94. The minimum absolute atomic E-state index is 0.0603. The van der Waals surface area contributed by atoms with E-state index in [4.69, 9.17) is 0 Å². The van der Waals surface area contributed by atoms with E-state index in [1.807, 2.05) is 11.0 Å². The Kier molecular flexibility index (Phi) is 6.04. The van der Waals surface area contributed by atoms with Crippen LogP contribution in [0.25, 0.3) is 0 Å². The van der Waals surface area contributed by atoms with Crippen LogP contribution in [-0.4, -0.2) is 39.9 Å². The second kappa shape index (κ2) is 8.46. The van der Waals surface area contributed by atoms with Gasteiger partial charge in [-0.15, -0.1) is 0 Å². The van der Waals surface area contributed by atoms with Crippen molar-refractivity contribution in [2.24, 2.45) is 5.92 Å². The number of carbonyl (C=O) groups excluding carboxylic acids is 1. The molecule has 0 spiro atoms. The number of amides is 1. The normalized spacial score (nSPS) is 18.1. The summed E-state index contributed by atoms with van der Waals surface area (Å²) in [4.78, 5) is 25.7. The molecule has 0 saturated carbocycles. The van der Waals surface area contributed by atoms with Gasteiger partial charge in [0.1, 0.15) is 18.0 Å². The van der Waals surface area contributed by atoms with Gasteiger partial charge in [-0.1, -0.05) is 32.9 Å². The van der Waals surface area contributed by atoms with Gasteiger partial charge in [0.25, 0.3) is 0 Å². The fourth-order valence-corrected chi connectivity index (χ4v) is 3.50. The maximum atomic E-state index is 13.2. The number of anilines is 1. The summed E-state index contributed by atoms with van der Waals surface area (Å²) in [5.74, 6) is 1.04. The monoisotopic (exact) mass is 370 g/mol. The Morgan fingerprint density at radius 1 is 1.22 bits per heavy atom. The first-order valence-corrected chi connectivity index (χ1v) is 9.57. The van der Waals surface area contributed by atoms with Gasteiger partial charge >= 0.3 is 0 Å². The standard InChI is InChI=1S/C21H27FN4O/c1-4-18-11-20(24-14-23-18)25-10-9-21(27)26(19(13-25)15(2)3)12-16-5-7-17(22)8-6-16/h5-8,11,14-15,19H,4,9-10,12-13H2,1-3H3. The summed E-state index contributed by atoms with van der Waals surface area (Å²) in [7, 11) is 0. The smallest absolute Gasteiger partial charge is 0.224 e. The molecule has 1 atom stereocenters. The molecule has 1 amide bonds. The molecule has 0 N–H and O–H groups in total. The van der Waals surface area contributed by atoms with Crippen molar-refractivity contribution in [2.45, 2.75) is 46.2 Å². The zero-order valence-corrected chi connectivity index (χ0v) is 16.2. The summed E-state index contributed by atoms with van der Waals surface area (Å²) >= 11 is 0. The zero-order valence-electron chi connectivity index (χ0n) is 16.2. The number of rotatable bonds is 5. The SMILES string of the molecule is CCc1cc(N2CCC(=O)N(Cc3ccc(F)cc3)C(C(C)C)C2)ncn1. The summed E-state index contributed by atoms with van der Waals surface area (Å²) in [6.45, 7) is 8.21. The second-order valence-electron chi connectivity index (χ2n) is 7.38. The molecule has 6 heteroatoms. The van der Waals surface area contributed by atoms with Gasteiger partial charge in [-0.25, -0.2) is 14.4 Å². The number of halogens is 1. The molecule has 2 aromatic rings. The third-order valence-electron chi connectivity index (χ3n) is 5.15. The van der Waals surface area contributed by atoms with E-state index in [0.29, 0.717) is 25.4 Å². The van der Waals surface area contributed by atoms with E-state index in [0.717, 1.165) is 30.0 Å². The van der Waals surface area contributed by atoms with Crippen LogP contribution < -0.4 is 4.90 Å². The maximum absolute atomic E-state index is 13.2. The predicted molar refractivity (Wildman–Crippen MR) is 104 cm³/mol. The van der Waals surface area contributed by atoms with Crippen molar-refractivity contribution in [1.82, 2.24) is 14.9 Å². The Morgan fingerprint density at radius 3 is 2.63 bits per heavy atom.